The summed E-state index contributed by atoms with van der Waals surface area (Å²) in [5.74, 6) is 0. The zero-order chi connectivity index (χ0) is 5.91. The summed E-state index contributed by atoms with van der Waals surface area (Å²) in [5, 5.41) is 2.26. The minimum atomic E-state index is -0.429. The van der Waals surface area contributed by atoms with Gasteiger partial charge in [-0.2, -0.15) is 0 Å². The van der Waals surface area contributed by atoms with Crippen molar-refractivity contribution in [3.63, 3.8) is 0 Å². The van der Waals surface area contributed by atoms with Gasteiger partial charge in [0.15, 0.2) is 5.34 Å². The van der Waals surface area contributed by atoms with Crippen LogP contribution in [0.2, 0.25) is 0 Å². The zero-order valence-corrected chi connectivity index (χ0v) is 5.99. The van der Waals surface area contributed by atoms with Crippen molar-refractivity contribution in [3.8, 4) is 0 Å². The van der Waals surface area contributed by atoms with Crippen molar-refractivity contribution in [2.45, 2.75) is 26.4 Å². The number of hydrogen-bond acceptors (Lipinski definition) is 3. The monoisotopic (exact) mass is 139 g/mol. The van der Waals surface area contributed by atoms with E-state index in [9.17, 15) is 4.91 Å². The van der Waals surface area contributed by atoms with Crippen molar-refractivity contribution in [1.29, 1.82) is 0 Å². The second-order valence-corrected chi connectivity index (χ2v) is 2.28. The minimum absolute atomic E-state index is 0. The fourth-order valence-electron chi connectivity index (χ4n) is 0.112. The highest BCUT2D eigenvalue weighted by Gasteiger charge is 2.09. The van der Waals surface area contributed by atoms with Crippen LogP contribution in [-0.2, 0) is 4.84 Å². The van der Waals surface area contributed by atoms with Crippen molar-refractivity contribution in [2.75, 3.05) is 0 Å². The minimum Gasteiger partial charge on any atom is -0.358 e. The first kappa shape index (κ1) is 10.6. The standard InChI is InChI=1S/C4H9NO2.ClH/c1-4(2,3)7-5-6;/h1-3H3;1H. The van der Waals surface area contributed by atoms with Crippen LogP contribution in [0.3, 0.4) is 0 Å². The molecule has 0 saturated heterocycles. The number of rotatable bonds is 1. The molecule has 0 radical (unpaired) electrons. The van der Waals surface area contributed by atoms with Crippen LogP contribution in [0.25, 0.3) is 0 Å². The van der Waals surface area contributed by atoms with Gasteiger partial charge in [0.25, 0.3) is 0 Å². The molecular formula is C4H10ClNO2. The molecule has 0 rings (SSSR count). The van der Waals surface area contributed by atoms with Crippen LogP contribution in [-0.4, -0.2) is 5.60 Å². The van der Waals surface area contributed by atoms with Gasteiger partial charge in [0.1, 0.15) is 5.60 Å². The van der Waals surface area contributed by atoms with E-state index in [0.29, 0.717) is 0 Å². The zero-order valence-electron chi connectivity index (χ0n) is 5.17. The van der Waals surface area contributed by atoms with Gasteiger partial charge in [-0.15, -0.1) is 17.3 Å². The Hall–Kier alpha value is -0.310. The Bertz CT molecular complexity index is 68.9. The van der Waals surface area contributed by atoms with E-state index in [1.165, 1.54) is 0 Å². The summed E-state index contributed by atoms with van der Waals surface area (Å²) < 4.78 is 0. The van der Waals surface area contributed by atoms with Crippen LogP contribution in [0.15, 0.2) is 5.34 Å². The van der Waals surface area contributed by atoms with Gasteiger partial charge < -0.3 is 4.84 Å². The molecule has 0 unspecified atom stereocenters. The van der Waals surface area contributed by atoms with E-state index in [-0.39, 0.29) is 12.4 Å². The number of hydrogen-bond donors (Lipinski definition) is 0. The van der Waals surface area contributed by atoms with E-state index in [1.807, 2.05) is 0 Å². The quantitative estimate of drug-likeness (QED) is 0.411. The van der Waals surface area contributed by atoms with E-state index < -0.39 is 5.60 Å². The maximum Gasteiger partial charge on any atom is 0.155 e. The highest BCUT2D eigenvalue weighted by Crippen LogP contribution is 2.05. The fraction of sp³-hybridized carbons (Fsp3) is 1.00. The molecule has 0 amide bonds. The first-order chi connectivity index (χ1) is 3.06. The van der Waals surface area contributed by atoms with Crippen LogP contribution in [0.4, 0.5) is 0 Å². The van der Waals surface area contributed by atoms with Gasteiger partial charge in [-0.3, -0.25) is 0 Å². The van der Waals surface area contributed by atoms with E-state index in [0.717, 1.165) is 0 Å². The Morgan fingerprint density at radius 1 is 1.38 bits per heavy atom. The molecule has 0 aliphatic carbocycles. The highest BCUT2D eigenvalue weighted by molar-refractivity contribution is 5.85. The van der Waals surface area contributed by atoms with Crippen molar-refractivity contribution in [1.82, 2.24) is 0 Å². The molecule has 0 aliphatic rings. The Morgan fingerprint density at radius 3 is 1.75 bits per heavy atom. The molecule has 0 saturated carbocycles. The Balaban J connectivity index is 0. The molecule has 0 fully saturated rings. The maximum atomic E-state index is 9.35. The van der Waals surface area contributed by atoms with Crippen molar-refractivity contribution >= 4 is 12.4 Å². The molecule has 0 atom stereocenters. The third kappa shape index (κ3) is 9.19. The first-order valence-electron chi connectivity index (χ1n) is 2.07. The maximum absolute atomic E-state index is 9.35. The van der Waals surface area contributed by atoms with E-state index in [1.54, 1.807) is 20.8 Å². The van der Waals surface area contributed by atoms with Crippen LogP contribution in [0.5, 0.6) is 0 Å². The van der Waals surface area contributed by atoms with Crippen LogP contribution < -0.4 is 0 Å². The third-order valence-electron chi connectivity index (χ3n) is 0.311. The van der Waals surface area contributed by atoms with Gasteiger partial charge in [-0.1, -0.05) is 0 Å². The summed E-state index contributed by atoms with van der Waals surface area (Å²) in [5.41, 5.74) is -0.429. The molecule has 0 aromatic rings. The second-order valence-electron chi connectivity index (χ2n) is 2.28. The SMILES string of the molecule is CC(C)(C)ON=O.Cl. The Morgan fingerprint density at radius 2 is 1.75 bits per heavy atom. The van der Waals surface area contributed by atoms with E-state index >= 15 is 0 Å². The predicted octanol–water partition coefficient (Wildman–Crippen LogP) is 1.90. The smallest absolute Gasteiger partial charge is 0.155 e. The molecule has 0 aromatic heterocycles. The molecule has 0 aliphatic heterocycles. The molecule has 4 heteroatoms. The highest BCUT2D eigenvalue weighted by atomic mass is 35.5. The number of halogens is 1. The molecule has 0 heterocycles. The lowest BCUT2D eigenvalue weighted by molar-refractivity contribution is -0.00229. The van der Waals surface area contributed by atoms with Crippen LogP contribution in [0, 0.1) is 4.91 Å². The first-order valence-corrected chi connectivity index (χ1v) is 2.07. The van der Waals surface area contributed by atoms with Gasteiger partial charge in [0, 0.05) is 0 Å². The fourth-order valence-corrected chi connectivity index (χ4v) is 0.112. The summed E-state index contributed by atoms with van der Waals surface area (Å²) in [6, 6.07) is 0. The molecular weight excluding hydrogens is 130 g/mol. The summed E-state index contributed by atoms with van der Waals surface area (Å²) in [4.78, 5) is 13.6. The van der Waals surface area contributed by atoms with Crippen molar-refractivity contribution in [3.05, 3.63) is 4.91 Å². The molecule has 0 spiro atoms. The average molecular weight is 140 g/mol. The second kappa shape index (κ2) is 3.66. The summed E-state index contributed by atoms with van der Waals surface area (Å²) in [7, 11) is 0. The normalized spacial score (nSPS) is 9.38. The largest absolute Gasteiger partial charge is 0.358 e. The van der Waals surface area contributed by atoms with Gasteiger partial charge >= 0.3 is 0 Å². The summed E-state index contributed by atoms with van der Waals surface area (Å²) >= 11 is 0. The van der Waals surface area contributed by atoms with Gasteiger partial charge in [-0.05, 0) is 20.8 Å². The van der Waals surface area contributed by atoms with E-state index in [4.69, 9.17) is 0 Å². The lowest BCUT2D eigenvalue weighted by Gasteiger charge is -2.11. The summed E-state index contributed by atoms with van der Waals surface area (Å²) in [6.45, 7) is 5.28. The topological polar surface area (TPSA) is 38.7 Å². The lowest BCUT2D eigenvalue weighted by atomic mass is 10.2. The van der Waals surface area contributed by atoms with Gasteiger partial charge in [0.05, 0.1) is 0 Å². The number of nitrogens with zero attached hydrogens (tertiary/aromatic N) is 1. The molecule has 50 valence electrons. The van der Waals surface area contributed by atoms with Crippen molar-refractivity contribution in [2.24, 2.45) is 5.34 Å². The molecule has 0 N–H and O–H groups in total. The Kier molecular flexibility index (Phi) is 4.87. The third-order valence-corrected chi connectivity index (χ3v) is 0.311. The summed E-state index contributed by atoms with van der Waals surface area (Å²) in [6.07, 6.45) is 0. The predicted molar refractivity (Wildman–Crippen MR) is 33.9 cm³/mol. The van der Waals surface area contributed by atoms with E-state index in [2.05, 4.69) is 10.2 Å². The molecule has 3 nitrogen and oxygen atoms in total. The average Bonchev–Trinajstić information content (AvgIpc) is 1.30. The van der Waals surface area contributed by atoms with Gasteiger partial charge in [0.2, 0.25) is 0 Å². The Labute approximate surface area is 54.7 Å². The lowest BCUT2D eigenvalue weighted by Crippen LogP contribution is -2.14. The van der Waals surface area contributed by atoms with Crippen LogP contribution in [0.1, 0.15) is 20.8 Å². The van der Waals surface area contributed by atoms with Gasteiger partial charge in [-0.25, -0.2) is 0 Å². The molecule has 8 heavy (non-hydrogen) atoms. The molecule has 0 bridgehead atoms. The van der Waals surface area contributed by atoms with Crippen molar-refractivity contribution < 1.29 is 4.84 Å². The molecule has 0 aromatic carbocycles. The van der Waals surface area contributed by atoms with Crippen LogP contribution >= 0.6 is 12.4 Å².